The lowest BCUT2D eigenvalue weighted by Gasteiger charge is -2.26. The summed E-state index contributed by atoms with van der Waals surface area (Å²) < 4.78 is 0. The van der Waals surface area contributed by atoms with Crippen LogP contribution in [0.3, 0.4) is 0 Å². The van der Waals surface area contributed by atoms with E-state index >= 15 is 0 Å². The van der Waals surface area contributed by atoms with Crippen LogP contribution in [-0.2, 0) is 13.0 Å². The largest absolute Gasteiger partial charge is 0.508 e. The highest BCUT2D eigenvalue weighted by molar-refractivity contribution is 5.38. The standard InChI is InChI=1S/C17H19NO2/c19-14-8-9-15-12(10-14)5-3-6-16(15)18-11-13-4-1-2-7-17(13)20/h1-2,4,7-10,16,18-20H,3,5-6,11H2. The fourth-order valence-electron chi connectivity index (χ4n) is 2.91. The highest BCUT2D eigenvalue weighted by Crippen LogP contribution is 2.32. The Balaban J connectivity index is 1.75. The van der Waals surface area contributed by atoms with Gasteiger partial charge in [-0.2, -0.15) is 0 Å². The van der Waals surface area contributed by atoms with E-state index in [9.17, 15) is 10.2 Å². The van der Waals surface area contributed by atoms with Gasteiger partial charge in [0.1, 0.15) is 11.5 Å². The van der Waals surface area contributed by atoms with E-state index in [1.807, 2.05) is 30.3 Å². The van der Waals surface area contributed by atoms with Gasteiger partial charge in [-0.05, 0) is 48.6 Å². The zero-order valence-corrected chi connectivity index (χ0v) is 11.3. The lowest BCUT2D eigenvalue weighted by Crippen LogP contribution is -2.24. The quantitative estimate of drug-likeness (QED) is 0.801. The molecule has 1 unspecified atom stereocenters. The molecule has 3 N–H and O–H groups in total. The monoisotopic (exact) mass is 269 g/mol. The maximum atomic E-state index is 9.80. The first-order valence-corrected chi connectivity index (χ1v) is 7.06. The van der Waals surface area contributed by atoms with E-state index in [0.717, 1.165) is 24.8 Å². The zero-order chi connectivity index (χ0) is 13.9. The molecule has 1 aliphatic rings. The molecule has 3 nitrogen and oxygen atoms in total. The van der Waals surface area contributed by atoms with E-state index in [2.05, 4.69) is 5.32 Å². The van der Waals surface area contributed by atoms with Crippen LogP contribution in [0.15, 0.2) is 42.5 Å². The topological polar surface area (TPSA) is 52.5 Å². The smallest absolute Gasteiger partial charge is 0.120 e. The fourth-order valence-corrected chi connectivity index (χ4v) is 2.91. The summed E-state index contributed by atoms with van der Waals surface area (Å²) >= 11 is 0. The van der Waals surface area contributed by atoms with Gasteiger partial charge in [0.25, 0.3) is 0 Å². The van der Waals surface area contributed by atoms with Crippen molar-refractivity contribution in [2.75, 3.05) is 0 Å². The number of fused-ring (bicyclic) bond motifs is 1. The summed E-state index contributed by atoms with van der Waals surface area (Å²) in [5, 5.41) is 22.9. The van der Waals surface area contributed by atoms with Gasteiger partial charge in [0, 0.05) is 18.2 Å². The lowest BCUT2D eigenvalue weighted by atomic mass is 9.87. The number of benzene rings is 2. The molecule has 1 atom stereocenters. The van der Waals surface area contributed by atoms with Crippen molar-refractivity contribution in [2.45, 2.75) is 31.8 Å². The van der Waals surface area contributed by atoms with E-state index in [4.69, 9.17) is 0 Å². The summed E-state index contributed by atoms with van der Waals surface area (Å²) in [6, 6.07) is 13.3. The minimum Gasteiger partial charge on any atom is -0.508 e. The lowest BCUT2D eigenvalue weighted by molar-refractivity contribution is 0.435. The molecule has 0 amide bonds. The van der Waals surface area contributed by atoms with Crippen LogP contribution >= 0.6 is 0 Å². The Bertz CT molecular complexity index is 610. The number of aromatic hydroxyl groups is 2. The number of aryl methyl sites for hydroxylation is 1. The molecule has 0 saturated heterocycles. The third kappa shape index (κ3) is 2.63. The molecular formula is C17H19NO2. The van der Waals surface area contributed by atoms with Gasteiger partial charge in [-0.3, -0.25) is 0 Å². The van der Waals surface area contributed by atoms with Crippen molar-refractivity contribution in [2.24, 2.45) is 0 Å². The van der Waals surface area contributed by atoms with Crippen molar-refractivity contribution in [1.29, 1.82) is 0 Å². The Kier molecular flexibility index (Phi) is 3.61. The van der Waals surface area contributed by atoms with Gasteiger partial charge in [-0.1, -0.05) is 24.3 Å². The molecule has 0 aliphatic heterocycles. The maximum absolute atomic E-state index is 9.80. The molecule has 0 fully saturated rings. The fraction of sp³-hybridized carbons (Fsp3) is 0.294. The molecule has 3 rings (SSSR count). The van der Waals surface area contributed by atoms with E-state index in [-0.39, 0.29) is 0 Å². The van der Waals surface area contributed by atoms with Crippen molar-refractivity contribution < 1.29 is 10.2 Å². The molecular weight excluding hydrogens is 250 g/mol. The number of hydrogen-bond acceptors (Lipinski definition) is 3. The Morgan fingerprint density at radius 3 is 2.80 bits per heavy atom. The molecule has 1 aliphatic carbocycles. The van der Waals surface area contributed by atoms with Crippen molar-refractivity contribution in [3.05, 3.63) is 59.2 Å². The van der Waals surface area contributed by atoms with Crippen LogP contribution in [0.4, 0.5) is 0 Å². The molecule has 0 aromatic heterocycles. The molecule has 2 aromatic rings. The van der Waals surface area contributed by atoms with Gasteiger partial charge in [0.2, 0.25) is 0 Å². The zero-order valence-electron chi connectivity index (χ0n) is 11.3. The molecule has 104 valence electrons. The first kappa shape index (κ1) is 13.0. The van der Waals surface area contributed by atoms with Crippen molar-refractivity contribution in [1.82, 2.24) is 5.32 Å². The molecule has 20 heavy (non-hydrogen) atoms. The SMILES string of the molecule is Oc1ccc2c(c1)CCCC2NCc1ccccc1O. The van der Waals surface area contributed by atoms with E-state index < -0.39 is 0 Å². The van der Waals surface area contributed by atoms with Gasteiger partial charge < -0.3 is 15.5 Å². The first-order chi connectivity index (χ1) is 9.74. The Morgan fingerprint density at radius 1 is 1.10 bits per heavy atom. The maximum Gasteiger partial charge on any atom is 0.120 e. The normalized spacial score (nSPS) is 17.7. The molecule has 0 heterocycles. The number of para-hydroxylation sites is 1. The van der Waals surface area contributed by atoms with Crippen LogP contribution in [0, 0.1) is 0 Å². The first-order valence-electron chi connectivity index (χ1n) is 7.06. The van der Waals surface area contributed by atoms with Gasteiger partial charge in [0.15, 0.2) is 0 Å². The van der Waals surface area contributed by atoms with Gasteiger partial charge in [-0.15, -0.1) is 0 Å². The molecule has 0 saturated carbocycles. The van der Waals surface area contributed by atoms with Crippen LogP contribution in [0.2, 0.25) is 0 Å². The average molecular weight is 269 g/mol. The minimum absolute atomic E-state index is 0.291. The Morgan fingerprint density at radius 2 is 1.95 bits per heavy atom. The summed E-state index contributed by atoms with van der Waals surface area (Å²) in [4.78, 5) is 0. The second-order valence-corrected chi connectivity index (χ2v) is 5.34. The number of phenolic OH excluding ortho intramolecular Hbond substituents is 2. The summed E-state index contributed by atoms with van der Waals surface area (Å²) in [7, 11) is 0. The minimum atomic E-state index is 0.291. The summed E-state index contributed by atoms with van der Waals surface area (Å²) in [5.74, 6) is 0.673. The van der Waals surface area contributed by atoms with Crippen LogP contribution < -0.4 is 5.32 Å². The third-order valence-corrected chi connectivity index (χ3v) is 3.97. The highest BCUT2D eigenvalue weighted by atomic mass is 16.3. The summed E-state index contributed by atoms with van der Waals surface area (Å²) in [6.45, 7) is 0.650. The molecule has 0 radical (unpaired) electrons. The van der Waals surface area contributed by atoms with Crippen LogP contribution in [0.25, 0.3) is 0 Å². The highest BCUT2D eigenvalue weighted by Gasteiger charge is 2.20. The van der Waals surface area contributed by atoms with Crippen molar-refractivity contribution >= 4 is 0 Å². The molecule has 0 spiro atoms. The average Bonchev–Trinajstić information content (AvgIpc) is 2.46. The van der Waals surface area contributed by atoms with Crippen molar-refractivity contribution in [3.8, 4) is 11.5 Å². The predicted octanol–water partition coefficient (Wildman–Crippen LogP) is 3.27. The third-order valence-electron chi connectivity index (χ3n) is 3.97. The van der Waals surface area contributed by atoms with E-state index in [1.165, 1.54) is 11.1 Å². The molecule has 3 heteroatoms. The summed E-state index contributed by atoms with van der Waals surface area (Å²) in [6.07, 6.45) is 3.23. The summed E-state index contributed by atoms with van der Waals surface area (Å²) in [5.41, 5.74) is 3.41. The number of rotatable bonds is 3. The van der Waals surface area contributed by atoms with E-state index in [1.54, 1.807) is 12.1 Å². The van der Waals surface area contributed by atoms with Gasteiger partial charge in [0.05, 0.1) is 0 Å². The number of hydrogen-bond donors (Lipinski definition) is 3. The number of nitrogens with one attached hydrogen (secondary N) is 1. The van der Waals surface area contributed by atoms with Crippen LogP contribution in [0.1, 0.15) is 35.6 Å². The number of phenols is 2. The van der Waals surface area contributed by atoms with E-state index in [0.29, 0.717) is 24.1 Å². The van der Waals surface area contributed by atoms with Crippen LogP contribution in [0.5, 0.6) is 11.5 Å². The van der Waals surface area contributed by atoms with Crippen LogP contribution in [-0.4, -0.2) is 10.2 Å². The van der Waals surface area contributed by atoms with Crippen molar-refractivity contribution in [3.63, 3.8) is 0 Å². The predicted molar refractivity (Wildman–Crippen MR) is 78.7 cm³/mol. The van der Waals surface area contributed by atoms with Gasteiger partial charge in [-0.25, -0.2) is 0 Å². The Hall–Kier alpha value is -2.00. The molecule has 0 bridgehead atoms. The Labute approximate surface area is 118 Å². The molecule has 2 aromatic carbocycles. The second kappa shape index (κ2) is 5.55. The van der Waals surface area contributed by atoms with Gasteiger partial charge >= 0.3 is 0 Å². The second-order valence-electron chi connectivity index (χ2n) is 5.34.